The van der Waals surface area contributed by atoms with Gasteiger partial charge >= 0.3 is 14.0 Å². The van der Waals surface area contributed by atoms with Crippen LogP contribution in [-0.4, -0.2) is 52.6 Å². The number of hydrogen-bond acceptors (Lipinski definition) is 6. The Kier molecular flexibility index (Phi) is 5.80. The first kappa shape index (κ1) is 24.9. The summed E-state index contributed by atoms with van der Waals surface area (Å²) >= 11 is 0. The van der Waals surface area contributed by atoms with Gasteiger partial charge in [-0.2, -0.15) is 23.5 Å². The van der Waals surface area contributed by atoms with Gasteiger partial charge in [0, 0.05) is 19.0 Å². The molecule has 0 bridgehead atoms. The smallest absolute Gasteiger partial charge is 0.329 e. The minimum absolute atomic E-state index is 0.0119. The number of amides is 1. The van der Waals surface area contributed by atoms with Crippen LogP contribution in [0.25, 0.3) is 10.9 Å². The molecule has 35 heavy (non-hydrogen) atoms. The summed E-state index contributed by atoms with van der Waals surface area (Å²) < 4.78 is 59.9. The number of aromatic nitrogens is 4. The van der Waals surface area contributed by atoms with Gasteiger partial charge in [0.1, 0.15) is 5.69 Å². The fourth-order valence-electron chi connectivity index (χ4n) is 4.30. The number of rotatable bonds is 4. The summed E-state index contributed by atoms with van der Waals surface area (Å²) in [5.41, 5.74) is -2.09. The molecule has 3 aromatic rings. The standard InChI is InChI=1S/C20H20F3N6O5P/c1-11-9-28(17(30)16-14-5-4-12(7-24)6-15(14)26-27(16)3)10-13-8-25-18(29(11)13)19(2,20(21,22)23)34-35(31,32)33/h4-6,8,11H,9-10H2,1-3H3,(H2,31,32,33)/t11-,19+/m0/s1. The minimum atomic E-state index is -5.54. The van der Waals surface area contributed by atoms with Gasteiger partial charge in [0.2, 0.25) is 5.60 Å². The van der Waals surface area contributed by atoms with Crippen molar-refractivity contribution in [3.8, 4) is 6.07 Å². The fraction of sp³-hybridized carbons (Fsp3) is 0.400. The van der Waals surface area contributed by atoms with Crippen molar-refractivity contribution in [2.45, 2.75) is 38.2 Å². The first-order chi connectivity index (χ1) is 16.2. The quantitative estimate of drug-likeness (QED) is 0.508. The van der Waals surface area contributed by atoms with Gasteiger partial charge in [0.05, 0.1) is 41.6 Å². The summed E-state index contributed by atoms with van der Waals surface area (Å²) in [6, 6.07) is 5.98. The number of halogens is 3. The average molecular weight is 512 g/mol. The second kappa shape index (κ2) is 8.17. The molecule has 0 spiro atoms. The maximum Gasteiger partial charge on any atom is 0.470 e. The number of alkyl halides is 3. The molecule has 11 nitrogen and oxygen atoms in total. The molecule has 3 heterocycles. The van der Waals surface area contributed by atoms with Crippen LogP contribution in [0, 0.1) is 11.3 Å². The molecule has 2 N–H and O–H groups in total. The van der Waals surface area contributed by atoms with Crippen molar-refractivity contribution in [3.05, 3.63) is 47.2 Å². The van der Waals surface area contributed by atoms with E-state index >= 15 is 0 Å². The number of hydrogen-bond donors (Lipinski definition) is 2. The molecular weight excluding hydrogens is 492 g/mol. The Morgan fingerprint density at radius 3 is 2.63 bits per heavy atom. The lowest BCUT2D eigenvalue weighted by atomic mass is 10.0. The van der Waals surface area contributed by atoms with E-state index in [0.29, 0.717) is 23.4 Å². The number of fused-ring (bicyclic) bond motifs is 2. The zero-order chi connectivity index (χ0) is 25.9. The molecule has 1 aliphatic rings. The lowest BCUT2D eigenvalue weighted by molar-refractivity contribution is -0.256. The second-order valence-electron chi connectivity index (χ2n) is 8.41. The molecule has 2 aromatic heterocycles. The van der Waals surface area contributed by atoms with E-state index in [-0.39, 0.29) is 24.5 Å². The third-order valence-corrected chi connectivity index (χ3v) is 6.48. The highest BCUT2D eigenvalue weighted by Crippen LogP contribution is 2.52. The van der Waals surface area contributed by atoms with Crippen LogP contribution in [0.4, 0.5) is 13.2 Å². The van der Waals surface area contributed by atoms with E-state index in [0.717, 1.165) is 6.20 Å². The first-order valence-corrected chi connectivity index (χ1v) is 11.7. The molecule has 1 amide bonds. The van der Waals surface area contributed by atoms with Crippen LogP contribution in [0.15, 0.2) is 24.4 Å². The molecule has 0 aliphatic carbocycles. The van der Waals surface area contributed by atoms with Gasteiger partial charge < -0.3 is 19.3 Å². The summed E-state index contributed by atoms with van der Waals surface area (Å²) in [7, 11) is -3.97. The molecule has 4 rings (SSSR count). The van der Waals surface area contributed by atoms with Gasteiger partial charge in [-0.1, -0.05) is 0 Å². The van der Waals surface area contributed by atoms with Gasteiger partial charge in [0.25, 0.3) is 5.91 Å². The number of nitriles is 1. The Hall–Kier alpha value is -3.24. The lowest BCUT2D eigenvalue weighted by Gasteiger charge is -2.37. The maximum absolute atomic E-state index is 13.9. The molecule has 1 aromatic carbocycles. The van der Waals surface area contributed by atoms with Gasteiger partial charge in [-0.15, -0.1) is 0 Å². The summed E-state index contributed by atoms with van der Waals surface area (Å²) in [5.74, 6) is -1.15. The number of imidazole rings is 1. The van der Waals surface area contributed by atoms with Gasteiger partial charge in [0.15, 0.2) is 5.82 Å². The van der Waals surface area contributed by atoms with E-state index in [2.05, 4.69) is 14.6 Å². The Bertz CT molecular complexity index is 1420. The third-order valence-electron chi connectivity index (χ3n) is 5.87. The highest BCUT2D eigenvalue weighted by atomic mass is 31.2. The molecular formula is C20H20F3N6O5P. The van der Waals surface area contributed by atoms with Crippen LogP contribution in [-0.2, 0) is 28.3 Å². The van der Waals surface area contributed by atoms with E-state index in [1.54, 1.807) is 32.2 Å². The van der Waals surface area contributed by atoms with E-state index < -0.39 is 37.4 Å². The molecule has 0 radical (unpaired) electrons. The van der Waals surface area contributed by atoms with Gasteiger partial charge in [-0.3, -0.25) is 14.0 Å². The van der Waals surface area contributed by atoms with Crippen LogP contribution in [0.5, 0.6) is 0 Å². The Labute approximate surface area is 196 Å². The SMILES string of the molecule is C[C@H]1CN(C(=O)c2c3ccc(C#N)cc3nn2C)Cc2cnc([C@@](C)(OP(=O)(O)O)C(F)(F)F)n21. The number of phosphoric ester groups is 1. The predicted molar refractivity (Wildman–Crippen MR) is 114 cm³/mol. The van der Waals surface area contributed by atoms with Crippen LogP contribution in [0.2, 0.25) is 0 Å². The highest BCUT2D eigenvalue weighted by molar-refractivity contribution is 7.46. The molecule has 0 unspecified atom stereocenters. The molecule has 2 atom stereocenters. The molecule has 0 saturated heterocycles. The molecule has 186 valence electrons. The van der Waals surface area contributed by atoms with Crippen LogP contribution in [0.1, 0.15) is 47.5 Å². The van der Waals surface area contributed by atoms with Crippen molar-refractivity contribution in [1.29, 1.82) is 5.26 Å². The van der Waals surface area contributed by atoms with E-state index in [1.165, 1.54) is 14.1 Å². The molecule has 0 saturated carbocycles. The average Bonchev–Trinajstić information content (AvgIpc) is 3.31. The summed E-state index contributed by atoms with van der Waals surface area (Å²) in [6.45, 7) is 1.94. The van der Waals surface area contributed by atoms with Crippen molar-refractivity contribution in [2.24, 2.45) is 7.05 Å². The first-order valence-electron chi connectivity index (χ1n) is 10.2. The van der Waals surface area contributed by atoms with Crippen LogP contribution < -0.4 is 0 Å². The van der Waals surface area contributed by atoms with E-state index in [4.69, 9.17) is 15.0 Å². The largest absolute Gasteiger partial charge is 0.470 e. The van der Waals surface area contributed by atoms with Crippen molar-refractivity contribution in [2.75, 3.05) is 6.54 Å². The van der Waals surface area contributed by atoms with Gasteiger partial charge in [-0.05, 0) is 32.0 Å². The van der Waals surface area contributed by atoms with Crippen molar-refractivity contribution in [1.82, 2.24) is 24.2 Å². The molecule has 1 aliphatic heterocycles. The lowest BCUT2D eigenvalue weighted by Crippen LogP contribution is -2.47. The fourth-order valence-corrected chi connectivity index (χ4v) is 4.96. The van der Waals surface area contributed by atoms with E-state index in [1.807, 2.05) is 6.07 Å². The van der Waals surface area contributed by atoms with Crippen LogP contribution >= 0.6 is 7.82 Å². The summed E-state index contributed by atoms with van der Waals surface area (Å²) in [5, 5.41) is 13.9. The zero-order valence-corrected chi connectivity index (χ0v) is 19.6. The van der Waals surface area contributed by atoms with Crippen molar-refractivity contribution < 1.29 is 36.8 Å². The number of carbonyl (C=O) groups is 1. The normalized spacial score (nSPS) is 18.3. The monoisotopic (exact) mass is 512 g/mol. The number of aryl methyl sites for hydroxylation is 1. The zero-order valence-electron chi connectivity index (χ0n) is 18.7. The highest BCUT2D eigenvalue weighted by Gasteiger charge is 2.60. The van der Waals surface area contributed by atoms with Crippen molar-refractivity contribution >= 4 is 24.6 Å². The number of phosphoric acid groups is 1. The number of nitrogens with zero attached hydrogens (tertiary/aromatic N) is 6. The number of carbonyl (C=O) groups excluding carboxylic acids is 1. The Morgan fingerprint density at radius 2 is 2.03 bits per heavy atom. The minimum Gasteiger partial charge on any atom is -0.329 e. The summed E-state index contributed by atoms with van der Waals surface area (Å²) in [6.07, 6.45) is -4.07. The second-order valence-corrected chi connectivity index (χ2v) is 9.57. The Morgan fingerprint density at radius 1 is 1.34 bits per heavy atom. The van der Waals surface area contributed by atoms with Gasteiger partial charge in [-0.25, -0.2) is 9.55 Å². The molecule has 15 heteroatoms. The summed E-state index contributed by atoms with van der Waals surface area (Å²) in [4.78, 5) is 36.9. The third kappa shape index (κ3) is 4.21. The Balaban J connectivity index is 1.72. The number of benzene rings is 1. The molecule has 0 fully saturated rings. The van der Waals surface area contributed by atoms with E-state index in [9.17, 15) is 22.5 Å². The topological polar surface area (TPSA) is 147 Å². The van der Waals surface area contributed by atoms with Crippen LogP contribution in [0.3, 0.4) is 0 Å². The predicted octanol–water partition coefficient (Wildman–Crippen LogP) is 2.75. The van der Waals surface area contributed by atoms with Crippen molar-refractivity contribution in [3.63, 3.8) is 0 Å². The maximum atomic E-state index is 13.9.